The van der Waals surface area contributed by atoms with E-state index in [4.69, 9.17) is 4.74 Å². The number of carbonyl (C=O) groups excluding carboxylic acids is 2. The molecule has 1 amide bonds. The van der Waals surface area contributed by atoms with E-state index >= 15 is 0 Å². The second kappa shape index (κ2) is 6.07. The third-order valence-corrected chi connectivity index (χ3v) is 3.54. The van der Waals surface area contributed by atoms with Crippen LogP contribution in [-0.4, -0.2) is 45.8 Å². The van der Waals surface area contributed by atoms with Gasteiger partial charge >= 0.3 is 5.97 Å². The predicted molar refractivity (Wildman–Crippen MR) is 73.3 cm³/mol. The topological polar surface area (TPSA) is 64.4 Å². The Kier molecular flexibility index (Phi) is 4.42. The van der Waals surface area contributed by atoms with Crippen LogP contribution in [0, 0.1) is 6.92 Å². The number of hydrogen-bond acceptors (Lipinski definition) is 4. The summed E-state index contributed by atoms with van der Waals surface area (Å²) >= 11 is 0. The van der Waals surface area contributed by atoms with Crippen LogP contribution in [0.15, 0.2) is 6.07 Å². The maximum Gasteiger partial charge on any atom is 0.328 e. The molecule has 0 aliphatic carbocycles. The van der Waals surface area contributed by atoms with Crippen molar-refractivity contribution >= 4 is 11.9 Å². The van der Waals surface area contributed by atoms with Crippen molar-refractivity contribution in [2.24, 2.45) is 7.05 Å². The van der Waals surface area contributed by atoms with Crippen molar-refractivity contribution in [1.82, 2.24) is 14.7 Å². The van der Waals surface area contributed by atoms with Crippen LogP contribution in [-0.2, 0) is 16.6 Å². The van der Waals surface area contributed by atoms with Crippen molar-refractivity contribution < 1.29 is 14.3 Å². The van der Waals surface area contributed by atoms with Crippen molar-refractivity contribution in [3.8, 4) is 0 Å². The maximum atomic E-state index is 12.6. The minimum absolute atomic E-state index is 0.147. The van der Waals surface area contributed by atoms with E-state index in [0.29, 0.717) is 25.3 Å². The number of esters is 1. The van der Waals surface area contributed by atoms with Crippen LogP contribution in [0.5, 0.6) is 0 Å². The number of amides is 1. The van der Waals surface area contributed by atoms with Gasteiger partial charge in [0.1, 0.15) is 11.7 Å². The standard InChI is InChI=1S/C14H21N3O3/c1-4-20-14(19)11-7-5-6-8-17(11)13(18)12-9-10(2)15-16(12)3/h9,11H,4-8H2,1-3H3. The molecular weight excluding hydrogens is 258 g/mol. The normalized spacial score (nSPS) is 18.9. The van der Waals surface area contributed by atoms with Crippen LogP contribution < -0.4 is 0 Å². The molecule has 1 aliphatic rings. The van der Waals surface area contributed by atoms with Gasteiger partial charge in [-0.05, 0) is 39.2 Å². The minimum atomic E-state index is -0.466. The van der Waals surface area contributed by atoms with E-state index < -0.39 is 6.04 Å². The Hall–Kier alpha value is -1.85. The fourth-order valence-electron chi connectivity index (χ4n) is 2.62. The first-order chi connectivity index (χ1) is 9.54. The summed E-state index contributed by atoms with van der Waals surface area (Å²) in [5.74, 6) is -0.453. The van der Waals surface area contributed by atoms with E-state index in [1.165, 1.54) is 0 Å². The van der Waals surface area contributed by atoms with E-state index in [2.05, 4.69) is 5.10 Å². The zero-order valence-corrected chi connectivity index (χ0v) is 12.3. The van der Waals surface area contributed by atoms with Crippen LogP contribution in [0.2, 0.25) is 0 Å². The van der Waals surface area contributed by atoms with Gasteiger partial charge in [0.05, 0.1) is 12.3 Å². The van der Waals surface area contributed by atoms with Crippen molar-refractivity contribution in [2.75, 3.05) is 13.2 Å². The number of carbonyl (C=O) groups is 2. The lowest BCUT2D eigenvalue weighted by atomic mass is 10.0. The van der Waals surface area contributed by atoms with Crippen LogP contribution in [0.4, 0.5) is 0 Å². The van der Waals surface area contributed by atoms with Gasteiger partial charge in [0, 0.05) is 13.6 Å². The first kappa shape index (κ1) is 14.6. The Bertz CT molecular complexity index is 510. The average molecular weight is 279 g/mol. The number of likely N-dealkylation sites (tertiary alicyclic amines) is 1. The van der Waals surface area contributed by atoms with Crippen LogP contribution in [0.3, 0.4) is 0 Å². The number of nitrogens with zero attached hydrogens (tertiary/aromatic N) is 3. The summed E-state index contributed by atoms with van der Waals surface area (Å²) in [6.45, 7) is 4.54. The minimum Gasteiger partial charge on any atom is -0.464 e. The average Bonchev–Trinajstić information content (AvgIpc) is 2.77. The molecule has 6 nitrogen and oxygen atoms in total. The molecule has 2 rings (SSSR count). The first-order valence-corrected chi connectivity index (χ1v) is 7.02. The molecule has 1 aromatic rings. The summed E-state index contributed by atoms with van der Waals surface area (Å²) < 4.78 is 6.64. The van der Waals surface area contributed by atoms with Gasteiger partial charge in [0.15, 0.2) is 0 Å². The van der Waals surface area contributed by atoms with Gasteiger partial charge in [-0.25, -0.2) is 4.79 Å². The molecule has 0 bridgehead atoms. The summed E-state index contributed by atoms with van der Waals surface area (Å²) in [5.41, 5.74) is 1.30. The number of aromatic nitrogens is 2. The molecule has 1 fully saturated rings. The van der Waals surface area contributed by atoms with E-state index in [0.717, 1.165) is 18.5 Å². The van der Waals surface area contributed by atoms with Gasteiger partial charge in [0.25, 0.3) is 5.91 Å². The lowest BCUT2D eigenvalue weighted by Crippen LogP contribution is -2.49. The largest absolute Gasteiger partial charge is 0.464 e. The van der Waals surface area contributed by atoms with E-state index in [-0.39, 0.29) is 11.9 Å². The molecule has 0 spiro atoms. The molecule has 1 saturated heterocycles. The molecule has 6 heteroatoms. The molecule has 0 saturated carbocycles. The highest BCUT2D eigenvalue weighted by Gasteiger charge is 2.34. The van der Waals surface area contributed by atoms with Crippen molar-refractivity contribution in [3.05, 3.63) is 17.5 Å². The lowest BCUT2D eigenvalue weighted by molar-refractivity contribution is -0.149. The molecule has 110 valence electrons. The lowest BCUT2D eigenvalue weighted by Gasteiger charge is -2.33. The quantitative estimate of drug-likeness (QED) is 0.782. The highest BCUT2D eigenvalue weighted by Crippen LogP contribution is 2.21. The molecule has 1 unspecified atom stereocenters. The van der Waals surface area contributed by atoms with Gasteiger partial charge in [-0.1, -0.05) is 0 Å². The van der Waals surface area contributed by atoms with Crippen molar-refractivity contribution in [1.29, 1.82) is 0 Å². The molecule has 1 aromatic heterocycles. The smallest absolute Gasteiger partial charge is 0.328 e. The highest BCUT2D eigenvalue weighted by molar-refractivity contribution is 5.95. The molecule has 0 radical (unpaired) electrons. The Balaban J connectivity index is 2.21. The predicted octanol–water partition coefficient (Wildman–Crippen LogP) is 1.29. The highest BCUT2D eigenvalue weighted by atomic mass is 16.5. The summed E-state index contributed by atoms with van der Waals surface area (Å²) in [7, 11) is 1.74. The third kappa shape index (κ3) is 2.84. The second-order valence-corrected chi connectivity index (χ2v) is 5.06. The number of ether oxygens (including phenoxy) is 1. The van der Waals surface area contributed by atoms with Gasteiger partial charge in [-0.15, -0.1) is 0 Å². The number of piperidine rings is 1. The molecular formula is C14H21N3O3. The Morgan fingerprint density at radius 1 is 1.45 bits per heavy atom. The SMILES string of the molecule is CCOC(=O)C1CCCCN1C(=O)c1cc(C)nn1C. The second-order valence-electron chi connectivity index (χ2n) is 5.06. The fourth-order valence-corrected chi connectivity index (χ4v) is 2.62. The number of aryl methyl sites for hydroxylation is 2. The number of rotatable bonds is 3. The van der Waals surface area contributed by atoms with Gasteiger partial charge in [0.2, 0.25) is 0 Å². The molecule has 1 aliphatic heterocycles. The Morgan fingerprint density at radius 2 is 2.20 bits per heavy atom. The number of hydrogen-bond donors (Lipinski definition) is 0. The van der Waals surface area contributed by atoms with E-state index in [1.807, 2.05) is 6.92 Å². The van der Waals surface area contributed by atoms with Crippen LogP contribution in [0.25, 0.3) is 0 Å². The molecule has 20 heavy (non-hydrogen) atoms. The Morgan fingerprint density at radius 3 is 2.80 bits per heavy atom. The molecule has 0 N–H and O–H groups in total. The zero-order valence-electron chi connectivity index (χ0n) is 12.3. The van der Waals surface area contributed by atoms with Gasteiger partial charge in [-0.3, -0.25) is 9.48 Å². The zero-order chi connectivity index (χ0) is 14.7. The first-order valence-electron chi connectivity index (χ1n) is 7.02. The molecule has 0 aromatic carbocycles. The van der Waals surface area contributed by atoms with Gasteiger partial charge in [-0.2, -0.15) is 5.10 Å². The Labute approximate surface area is 118 Å². The molecule has 2 heterocycles. The maximum absolute atomic E-state index is 12.6. The summed E-state index contributed by atoms with van der Waals surface area (Å²) in [5, 5.41) is 4.19. The van der Waals surface area contributed by atoms with Crippen molar-refractivity contribution in [3.63, 3.8) is 0 Å². The van der Waals surface area contributed by atoms with E-state index in [1.54, 1.807) is 29.6 Å². The van der Waals surface area contributed by atoms with Crippen LogP contribution in [0.1, 0.15) is 42.4 Å². The van der Waals surface area contributed by atoms with E-state index in [9.17, 15) is 9.59 Å². The monoisotopic (exact) mass is 279 g/mol. The summed E-state index contributed by atoms with van der Waals surface area (Å²) in [6.07, 6.45) is 2.53. The third-order valence-electron chi connectivity index (χ3n) is 3.54. The van der Waals surface area contributed by atoms with Crippen molar-refractivity contribution in [2.45, 2.75) is 39.2 Å². The van der Waals surface area contributed by atoms with Crippen LogP contribution >= 0.6 is 0 Å². The summed E-state index contributed by atoms with van der Waals surface area (Å²) in [6, 6.07) is 1.28. The molecule has 1 atom stereocenters. The van der Waals surface area contributed by atoms with Gasteiger partial charge < -0.3 is 9.64 Å². The summed E-state index contributed by atoms with van der Waals surface area (Å²) in [4.78, 5) is 26.2. The fraction of sp³-hybridized carbons (Fsp3) is 0.643.